The molecule has 0 aromatic heterocycles. The van der Waals surface area contributed by atoms with Gasteiger partial charge in [-0.05, 0) is 31.7 Å². The Hall–Kier alpha value is -0.860. The molecule has 0 radical (unpaired) electrons. The molecule has 0 amide bonds. The second-order valence-corrected chi connectivity index (χ2v) is 6.99. The minimum absolute atomic E-state index is 0.0788. The van der Waals surface area contributed by atoms with Crippen molar-refractivity contribution in [2.75, 3.05) is 46.1 Å². The summed E-state index contributed by atoms with van der Waals surface area (Å²) in [5.41, 5.74) is 6.79. The van der Waals surface area contributed by atoms with E-state index < -0.39 is 10.0 Å². The molecule has 8 heteroatoms. The highest BCUT2D eigenvalue weighted by atomic mass is 35.5. The SMILES string of the molecule is COCCN(C)CCNS(=O)(=O)c1cc(N)c(C)c(Cl)c1. The van der Waals surface area contributed by atoms with Gasteiger partial charge in [-0.25, -0.2) is 13.1 Å². The van der Waals surface area contributed by atoms with E-state index in [1.807, 2.05) is 11.9 Å². The van der Waals surface area contributed by atoms with E-state index >= 15 is 0 Å². The lowest BCUT2D eigenvalue weighted by Gasteiger charge is -2.16. The predicted octanol–water partition coefficient (Wildman–Crippen LogP) is 1.09. The topological polar surface area (TPSA) is 84.7 Å². The van der Waals surface area contributed by atoms with Crippen LogP contribution in [0.3, 0.4) is 0 Å². The van der Waals surface area contributed by atoms with Gasteiger partial charge in [-0.15, -0.1) is 0 Å². The zero-order valence-electron chi connectivity index (χ0n) is 12.5. The first kappa shape index (κ1) is 18.2. The number of anilines is 1. The monoisotopic (exact) mass is 335 g/mol. The third kappa shape index (κ3) is 5.44. The Labute approximate surface area is 131 Å². The van der Waals surface area contributed by atoms with Crippen LogP contribution in [0.1, 0.15) is 5.56 Å². The van der Waals surface area contributed by atoms with Crippen LogP contribution >= 0.6 is 11.6 Å². The van der Waals surface area contributed by atoms with Crippen LogP contribution in [0.4, 0.5) is 5.69 Å². The second kappa shape index (κ2) is 7.95. The first-order valence-electron chi connectivity index (χ1n) is 6.50. The normalized spacial score (nSPS) is 12.0. The van der Waals surface area contributed by atoms with Crippen LogP contribution in [0.25, 0.3) is 0 Å². The van der Waals surface area contributed by atoms with Crippen LogP contribution in [-0.2, 0) is 14.8 Å². The Bertz CT molecular complexity index is 555. The van der Waals surface area contributed by atoms with Crippen LogP contribution in [0.2, 0.25) is 5.02 Å². The highest BCUT2D eigenvalue weighted by Gasteiger charge is 2.16. The van der Waals surface area contributed by atoms with Crippen molar-refractivity contribution < 1.29 is 13.2 Å². The van der Waals surface area contributed by atoms with E-state index in [1.165, 1.54) is 12.1 Å². The molecule has 0 saturated carbocycles. The number of likely N-dealkylation sites (N-methyl/N-ethyl adjacent to an activating group) is 1. The van der Waals surface area contributed by atoms with E-state index in [-0.39, 0.29) is 4.90 Å². The number of ether oxygens (including phenoxy) is 1. The molecular weight excluding hydrogens is 314 g/mol. The fourth-order valence-electron chi connectivity index (χ4n) is 1.64. The number of nitrogen functional groups attached to an aromatic ring is 1. The molecule has 0 aliphatic carbocycles. The summed E-state index contributed by atoms with van der Waals surface area (Å²) in [4.78, 5) is 2.05. The van der Waals surface area contributed by atoms with Crippen LogP contribution in [0.15, 0.2) is 17.0 Å². The Morgan fingerprint density at radius 3 is 2.62 bits per heavy atom. The zero-order chi connectivity index (χ0) is 16.0. The van der Waals surface area contributed by atoms with E-state index in [0.717, 1.165) is 6.54 Å². The molecule has 120 valence electrons. The zero-order valence-corrected chi connectivity index (χ0v) is 14.1. The lowest BCUT2D eigenvalue weighted by Crippen LogP contribution is -2.34. The van der Waals surface area contributed by atoms with Crippen molar-refractivity contribution in [1.29, 1.82) is 0 Å². The van der Waals surface area contributed by atoms with Gasteiger partial charge in [0.1, 0.15) is 0 Å². The first-order valence-corrected chi connectivity index (χ1v) is 8.37. The number of benzene rings is 1. The van der Waals surface area contributed by atoms with Crippen LogP contribution in [-0.4, -0.2) is 53.7 Å². The molecular formula is C13H22ClN3O3S. The summed E-state index contributed by atoms with van der Waals surface area (Å²) in [6.07, 6.45) is 0. The summed E-state index contributed by atoms with van der Waals surface area (Å²) >= 11 is 5.97. The molecule has 0 unspecified atom stereocenters. The third-order valence-corrected chi connectivity index (χ3v) is 4.96. The molecule has 6 nitrogen and oxygen atoms in total. The van der Waals surface area contributed by atoms with Crippen LogP contribution in [0.5, 0.6) is 0 Å². The van der Waals surface area contributed by atoms with Gasteiger partial charge in [0.15, 0.2) is 0 Å². The summed E-state index contributed by atoms with van der Waals surface area (Å²) < 4.78 is 31.8. The number of methoxy groups -OCH3 is 1. The van der Waals surface area contributed by atoms with Crippen molar-refractivity contribution in [3.05, 3.63) is 22.7 Å². The average Bonchev–Trinajstić information content (AvgIpc) is 2.41. The number of halogens is 1. The molecule has 0 atom stereocenters. The summed E-state index contributed by atoms with van der Waals surface area (Å²) in [6.45, 7) is 3.97. The van der Waals surface area contributed by atoms with E-state index in [0.29, 0.717) is 36.0 Å². The lowest BCUT2D eigenvalue weighted by molar-refractivity contribution is 0.162. The number of rotatable bonds is 8. The summed E-state index contributed by atoms with van der Waals surface area (Å²) in [5.74, 6) is 0. The first-order chi connectivity index (χ1) is 9.77. The van der Waals surface area contributed by atoms with Crippen LogP contribution < -0.4 is 10.5 Å². The van der Waals surface area contributed by atoms with Gasteiger partial charge in [0.2, 0.25) is 10.0 Å². The second-order valence-electron chi connectivity index (χ2n) is 4.81. The maximum absolute atomic E-state index is 12.2. The lowest BCUT2D eigenvalue weighted by atomic mass is 10.2. The van der Waals surface area contributed by atoms with Gasteiger partial charge in [0.25, 0.3) is 0 Å². The fraction of sp³-hybridized carbons (Fsp3) is 0.538. The number of nitrogens with two attached hydrogens (primary N) is 1. The summed E-state index contributed by atoms with van der Waals surface area (Å²) in [5, 5.41) is 0.340. The minimum atomic E-state index is -3.61. The summed E-state index contributed by atoms with van der Waals surface area (Å²) in [6, 6.07) is 2.82. The average molecular weight is 336 g/mol. The number of nitrogens with zero attached hydrogens (tertiary/aromatic N) is 1. The van der Waals surface area contributed by atoms with E-state index in [1.54, 1.807) is 14.0 Å². The van der Waals surface area contributed by atoms with Crippen molar-refractivity contribution in [2.24, 2.45) is 0 Å². The van der Waals surface area contributed by atoms with Crippen molar-refractivity contribution in [2.45, 2.75) is 11.8 Å². The number of hydrogen-bond acceptors (Lipinski definition) is 5. The van der Waals surface area contributed by atoms with E-state index in [9.17, 15) is 8.42 Å². The van der Waals surface area contributed by atoms with Crippen molar-refractivity contribution >= 4 is 27.3 Å². The molecule has 0 fully saturated rings. The molecule has 1 aromatic rings. The molecule has 1 aromatic carbocycles. The van der Waals surface area contributed by atoms with E-state index in [2.05, 4.69) is 4.72 Å². The predicted molar refractivity (Wildman–Crippen MR) is 85.2 cm³/mol. The van der Waals surface area contributed by atoms with Crippen molar-refractivity contribution in [3.63, 3.8) is 0 Å². The van der Waals surface area contributed by atoms with Gasteiger partial charge >= 0.3 is 0 Å². The maximum Gasteiger partial charge on any atom is 0.240 e. The van der Waals surface area contributed by atoms with Crippen LogP contribution in [0, 0.1) is 6.92 Å². The number of hydrogen-bond donors (Lipinski definition) is 2. The van der Waals surface area contributed by atoms with Gasteiger partial charge in [0, 0.05) is 37.5 Å². The summed E-state index contributed by atoms with van der Waals surface area (Å²) in [7, 11) is -0.0866. The number of sulfonamides is 1. The molecule has 0 aliphatic rings. The number of nitrogens with one attached hydrogen (secondary N) is 1. The maximum atomic E-state index is 12.2. The largest absolute Gasteiger partial charge is 0.398 e. The quantitative estimate of drug-likeness (QED) is 0.695. The standard InChI is InChI=1S/C13H22ClN3O3S/c1-10-12(14)8-11(9-13(10)15)21(18,19)16-4-5-17(2)6-7-20-3/h8-9,16H,4-7,15H2,1-3H3. The Kier molecular flexibility index (Phi) is 6.89. The van der Waals surface area contributed by atoms with Crippen molar-refractivity contribution in [3.8, 4) is 0 Å². The highest BCUT2D eigenvalue weighted by Crippen LogP contribution is 2.25. The van der Waals surface area contributed by atoms with Gasteiger partial charge in [0.05, 0.1) is 11.5 Å². The molecule has 21 heavy (non-hydrogen) atoms. The molecule has 1 rings (SSSR count). The van der Waals surface area contributed by atoms with Gasteiger partial charge < -0.3 is 15.4 Å². The molecule has 0 bridgehead atoms. The molecule has 3 N–H and O–H groups in total. The van der Waals surface area contributed by atoms with Gasteiger partial charge in [-0.1, -0.05) is 11.6 Å². The van der Waals surface area contributed by atoms with Crippen molar-refractivity contribution in [1.82, 2.24) is 9.62 Å². The van der Waals surface area contributed by atoms with E-state index in [4.69, 9.17) is 22.1 Å². The molecule has 0 spiro atoms. The Morgan fingerprint density at radius 1 is 1.38 bits per heavy atom. The molecule has 0 aliphatic heterocycles. The smallest absolute Gasteiger partial charge is 0.240 e. The molecule has 0 heterocycles. The van der Waals surface area contributed by atoms with Gasteiger partial charge in [-0.3, -0.25) is 0 Å². The third-order valence-electron chi connectivity index (χ3n) is 3.13. The van der Waals surface area contributed by atoms with Gasteiger partial charge in [-0.2, -0.15) is 0 Å². The molecule has 0 saturated heterocycles. The Balaban J connectivity index is 2.66. The Morgan fingerprint density at radius 2 is 2.05 bits per heavy atom. The highest BCUT2D eigenvalue weighted by molar-refractivity contribution is 7.89. The minimum Gasteiger partial charge on any atom is -0.398 e. The fourth-order valence-corrected chi connectivity index (χ4v) is 3.02.